The highest BCUT2D eigenvalue weighted by Gasteiger charge is 2.22. The Bertz CT molecular complexity index is 1980. The molecule has 0 saturated heterocycles. The Labute approximate surface area is 260 Å². The van der Waals surface area contributed by atoms with E-state index in [-0.39, 0.29) is 30.4 Å². The van der Waals surface area contributed by atoms with Gasteiger partial charge in [-0.1, -0.05) is 42.5 Å². The zero-order chi connectivity index (χ0) is 31.9. The highest BCUT2D eigenvalue weighted by molar-refractivity contribution is 5.94. The van der Waals surface area contributed by atoms with Crippen LogP contribution in [0.2, 0.25) is 0 Å². The third-order valence-electron chi connectivity index (χ3n) is 7.36. The van der Waals surface area contributed by atoms with E-state index >= 15 is 0 Å². The molecule has 1 aromatic heterocycles. The van der Waals surface area contributed by atoms with Gasteiger partial charge in [-0.25, -0.2) is 0 Å². The molecule has 10 nitrogen and oxygen atoms in total. The van der Waals surface area contributed by atoms with E-state index in [1.165, 1.54) is 9.13 Å². The molecule has 10 heteroatoms. The summed E-state index contributed by atoms with van der Waals surface area (Å²) in [5.41, 5.74) is 4.52. The maximum atomic E-state index is 14.3. The lowest BCUT2D eigenvalue weighted by atomic mass is 10.2. The Morgan fingerprint density at radius 3 is 1.87 bits per heavy atom. The molecule has 0 unspecified atom stereocenters. The van der Waals surface area contributed by atoms with Crippen LogP contribution in [0.3, 0.4) is 0 Å². The van der Waals surface area contributed by atoms with Crippen LogP contribution in [0.4, 0.5) is 11.4 Å². The van der Waals surface area contributed by atoms with Gasteiger partial charge >= 0.3 is 0 Å². The minimum atomic E-state index is -0.695. The van der Waals surface area contributed by atoms with Crippen molar-refractivity contribution in [2.24, 2.45) is 5.10 Å². The van der Waals surface area contributed by atoms with Gasteiger partial charge in [-0.05, 0) is 80.1 Å². The fourth-order valence-corrected chi connectivity index (χ4v) is 5.13. The number of benzene rings is 4. The Morgan fingerprint density at radius 2 is 1.29 bits per heavy atom. The summed E-state index contributed by atoms with van der Waals surface area (Å²) >= 11 is 0. The number of carbonyl (C=O) groups is 1. The van der Waals surface area contributed by atoms with Crippen LogP contribution in [0.5, 0.6) is 11.5 Å². The van der Waals surface area contributed by atoms with E-state index in [1.807, 2.05) is 56.3 Å². The van der Waals surface area contributed by atoms with Crippen LogP contribution >= 0.6 is 0 Å². The largest absolute Gasteiger partial charge is 0.497 e. The molecule has 45 heavy (non-hydrogen) atoms. The number of fused-ring (bicyclic) bond motifs is 1. The molecule has 0 spiro atoms. The van der Waals surface area contributed by atoms with E-state index < -0.39 is 11.1 Å². The summed E-state index contributed by atoms with van der Waals surface area (Å²) in [5, 5.41) is 3.97. The number of aromatic nitrogens is 2. The van der Waals surface area contributed by atoms with Crippen LogP contribution in [0.1, 0.15) is 19.4 Å². The first-order chi connectivity index (χ1) is 21.8. The average molecular weight is 606 g/mol. The first kappa shape index (κ1) is 30.8. The maximum Gasteiger partial charge on any atom is 0.285 e. The van der Waals surface area contributed by atoms with E-state index in [0.717, 1.165) is 5.56 Å². The van der Waals surface area contributed by atoms with E-state index in [0.29, 0.717) is 33.9 Å². The van der Waals surface area contributed by atoms with Gasteiger partial charge in [0.2, 0.25) is 11.3 Å². The zero-order valence-corrected chi connectivity index (χ0v) is 25.6. The van der Waals surface area contributed by atoms with Gasteiger partial charge in [0, 0.05) is 11.7 Å². The molecule has 5 rings (SSSR count). The van der Waals surface area contributed by atoms with Gasteiger partial charge in [0.25, 0.3) is 11.1 Å². The second-order valence-electron chi connectivity index (χ2n) is 10.6. The molecule has 1 N–H and O–H groups in total. The summed E-state index contributed by atoms with van der Waals surface area (Å²) < 4.78 is 13.4. The molecule has 0 fully saturated rings. The van der Waals surface area contributed by atoms with Gasteiger partial charge in [0.1, 0.15) is 18.0 Å². The minimum absolute atomic E-state index is 0.156. The van der Waals surface area contributed by atoms with Crippen LogP contribution in [0.15, 0.2) is 118 Å². The highest BCUT2D eigenvalue weighted by atomic mass is 16.5. The summed E-state index contributed by atoms with van der Waals surface area (Å²) in [5.74, 6) is 1.01. The van der Waals surface area contributed by atoms with Crippen LogP contribution in [-0.4, -0.2) is 35.3 Å². The van der Waals surface area contributed by atoms with Gasteiger partial charge in [0.05, 0.1) is 37.5 Å². The number of rotatable bonds is 10. The van der Waals surface area contributed by atoms with Crippen molar-refractivity contribution in [1.29, 1.82) is 0 Å². The number of methoxy groups -OCH3 is 2. The molecular formula is C35H35N5O5. The van der Waals surface area contributed by atoms with Crippen molar-refractivity contribution in [3.63, 3.8) is 0 Å². The van der Waals surface area contributed by atoms with Crippen molar-refractivity contribution >= 4 is 28.3 Å². The van der Waals surface area contributed by atoms with Gasteiger partial charge in [-0.15, -0.1) is 0 Å². The molecule has 4 aromatic carbocycles. The van der Waals surface area contributed by atoms with Gasteiger partial charge < -0.3 is 18.9 Å². The second-order valence-corrected chi connectivity index (χ2v) is 10.6. The van der Waals surface area contributed by atoms with Crippen molar-refractivity contribution in [3.05, 3.63) is 135 Å². The molecule has 0 bridgehead atoms. The lowest BCUT2D eigenvalue weighted by molar-refractivity contribution is -0.119. The number of nitrogens with one attached hydrogen (secondary N) is 1. The third-order valence-corrected chi connectivity index (χ3v) is 7.36. The average Bonchev–Trinajstić information content (AvgIpc) is 3.14. The van der Waals surface area contributed by atoms with Crippen molar-refractivity contribution in [2.45, 2.75) is 33.0 Å². The molecule has 1 heterocycles. The predicted molar refractivity (Wildman–Crippen MR) is 176 cm³/mol. The molecule has 0 saturated carbocycles. The van der Waals surface area contributed by atoms with E-state index in [2.05, 4.69) is 10.5 Å². The Kier molecular flexibility index (Phi) is 9.43. The number of para-hydroxylation sites is 3. The lowest BCUT2D eigenvalue weighted by Crippen LogP contribution is -2.47. The van der Waals surface area contributed by atoms with Crippen LogP contribution in [0, 0.1) is 0 Å². The molecule has 0 radical (unpaired) electrons. The molecular weight excluding hydrogens is 570 g/mol. The number of hydrogen-bond donors (Lipinski definition) is 1. The molecule has 5 aromatic rings. The van der Waals surface area contributed by atoms with Crippen molar-refractivity contribution in [3.8, 4) is 11.5 Å². The Morgan fingerprint density at radius 1 is 0.756 bits per heavy atom. The first-order valence-electron chi connectivity index (χ1n) is 14.5. The van der Waals surface area contributed by atoms with Gasteiger partial charge in [-0.2, -0.15) is 5.10 Å². The van der Waals surface area contributed by atoms with Gasteiger partial charge in [-0.3, -0.25) is 24.4 Å². The fraction of sp³-hybridized carbons (Fsp3) is 0.200. The number of hydrogen-bond acceptors (Lipinski definition) is 7. The standard InChI is InChI=1S/C35H35N5O5/c1-24(2)40(27-16-20-29(45-4)21-17-27)32(41)23-39-31-13-9-8-12-30(31)38(22-25-14-18-28(44-3)19-15-25)34(42)33(35(39)43)37-36-26-10-6-5-7-11-26/h5-21,24,36H,22-23H2,1-4H3. The highest BCUT2D eigenvalue weighted by Crippen LogP contribution is 2.22. The van der Waals surface area contributed by atoms with Crippen LogP contribution in [0.25, 0.3) is 11.0 Å². The molecule has 0 aliphatic heterocycles. The lowest BCUT2D eigenvalue weighted by Gasteiger charge is -2.27. The summed E-state index contributed by atoms with van der Waals surface area (Å²) in [6.07, 6.45) is 0. The maximum absolute atomic E-state index is 14.3. The Balaban J connectivity index is 1.71. The fourth-order valence-electron chi connectivity index (χ4n) is 5.13. The quantitative estimate of drug-likeness (QED) is 0.233. The van der Waals surface area contributed by atoms with Crippen molar-refractivity contribution < 1.29 is 14.3 Å². The third kappa shape index (κ3) is 6.80. The van der Waals surface area contributed by atoms with E-state index in [4.69, 9.17) is 9.47 Å². The molecule has 0 atom stereocenters. The van der Waals surface area contributed by atoms with Crippen LogP contribution in [-0.2, 0) is 17.9 Å². The SMILES string of the molecule is COc1ccc(Cn2c(=O)c(=NNc3ccccc3)c(=O)n(CC(=O)N(c3ccc(OC)cc3)C(C)C)c3ccccc32)cc1. The van der Waals surface area contributed by atoms with E-state index in [9.17, 15) is 14.4 Å². The monoisotopic (exact) mass is 605 g/mol. The number of nitrogens with zero attached hydrogens (tertiary/aromatic N) is 4. The minimum Gasteiger partial charge on any atom is -0.497 e. The van der Waals surface area contributed by atoms with Crippen molar-refractivity contribution in [2.75, 3.05) is 24.5 Å². The topological polar surface area (TPSA) is 107 Å². The molecule has 0 aliphatic rings. The number of carbonyl (C=O) groups excluding carboxylic acids is 1. The zero-order valence-electron chi connectivity index (χ0n) is 25.6. The second kappa shape index (κ2) is 13.8. The van der Waals surface area contributed by atoms with E-state index in [1.54, 1.807) is 79.8 Å². The summed E-state index contributed by atoms with van der Waals surface area (Å²) in [7, 11) is 3.16. The number of ether oxygens (including phenoxy) is 2. The normalized spacial score (nSPS) is 11.4. The van der Waals surface area contributed by atoms with Crippen LogP contribution < -0.4 is 36.3 Å². The summed E-state index contributed by atoms with van der Waals surface area (Å²) in [6.45, 7) is 3.63. The smallest absolute Gasteiger partial charge is 0.285 e. The number of amides is 1. The summed E-state index contributed by atoms with van der Waals surface area (Å²) in [6, 6.07) is 30.4. The summed E-state index contributed by atoms with van der Waals surface area (Å²) in [4.78, 5) is 44.1. The van der Waals surface area contributed by atoms with Gasteiger partial charge in [0.15, 0.2) is 0 Å². The molecule has 0 aliphatic carbocycles. The number of anilines is 2. The first-order valence-corrected chi connectivity index (χ1v) is 14.5. The Hall–Kier alpha value is -5.64. The molecule has 230 valence electrons. The predicted octanol–water partition coefficient (Wildman–Crippen LogP) is 4.60. The molecule has 1 amide bonds. The van der Waals surface area contributed by atoms with Crippen molar-refractivity contribution in [1.82, 2.24) is 9.13 Å².